The van der Waals surface area contributed by atoms with Gasteiger partial charge in [-0.3, -0.25) is 4.79 Å². The normalized spacial score (nSPS) is 15.9. The molecule has 1 N–H and O–H groups in total. The molecule has 0 aromatic carbocycles. The zero-order valence-corrected chi connectivity index (χ0v) is 11.5. The molecule has 106 valence electrons. The van der Waals surface area contributed by atoms with Gasteiger partial charge >= 0.3 is 0 Å². The molecule has 1 aliphatic heterocycles. The van der Waals surface area contributed by atoms with Gasteiger partial charge in [0.05, 0.1) is 19.8 Å². The van der Waals surface area contributed by atoms with Gasteiger partial charge in [-0.05, 0) is 19.4 Å². The highest BCUT2D eigenvalue weighted by molar-refractivity contribution is 5.78. The second kappa shape index (κ2) is 10.3. The molecule has 1 rings (SSSR count). The van der Waals surface area contributed by atoms with Gasteiger partial charge in [0.15, 0.2) is 0 Å². The quantitative estimate of drug-likeness (QED) is 0.617. The summed E-state index contributed by atoms with van der Waals surface area (Å²) in [4.78, 5) is 13.6. The summed E-state index contributed by atoms with van der Waals surface area (Å²) in [7, 11) is 0. The molecule has 1 saturated heterocycles. The first kappa shape index (κ1) is 15.4. The second-order valence-electron chi connectivity index (χ2n) is 4.49. The van der Waals surface area contributed by atoms with Gasteiger partial charge < -0.3 is 19.7 Å². The van der Waals surface area contributed by atoms with Gasteiger partial charge in [-0.25, -0.2) is 0 Å². The molecule has 18 heavy (non-hydrogen) atoms. The summed E-state index contributed by atoms with van der Waals surface area (Å²) in [5.41, 5.74) is 0. The maximum atomic E-state index is 11.7. The van der Waals surface area contributed by atoms with E-state index in [-0.39, 0.29) is 5.91 Å². The van der Waals surface area contributed by atoms with Crippen molar-refractivity contribution in [3.63, 3.8) is 0 Å². The summed E-state index contributed by atoms with van der Waals surface area (Å²) in [6, 6.07) is 0. The SMILES string of the molecule is CCCCOCCCNCC(=O)N1CCOCC1. The highest BCUT2D eigenvalue weighted by Crippen LogP contribution is 1.96. The Hall–Kier alpha value is -0.650. The van der Waals surface area contributed by atoms with Crippen molar-refractivity contribution in [2.45, 2.75) is 26.2 Å². The number of carbonyl (C=O) groups excluding carboxylic acids is 1. The Labute approximate surface area is 110 Å². The van der Waals surface area contributed by atoms with Crippen LogP contribution in [0.1, 0.15) is 26.2 Å². The molecule has 0 aromatic rings. The molecular formula is C13H26N2O3. The molecule has 0 unspecified atom stereocenters. The minimum absolute atomic E-state index is 0.171. The average molecular weight is 258 g/mol. The fourth-order valence-corrected chi connectivity index (χ4v) is 1.77. The molecule has 5 heteroatoms. The minimum atomic E-state index is 0.171. The predicted octanol–water partition coefficient (Wildman–Crippen LogP) is 0.642. The topological polar surface area (TPSA) is 50.8 Å². The van der Waals surface area contributed by atoms with E-state index >= 15 is 0 Å². The Morgan fingerprint density at radius 2 is 2.00 bits per heavy atom. The van der Waals surface area contributed by atoms with Crippen molar-refractivity contribution in [2.75, 3.05) is 52.6 Å². The zero-order valence-electron chi connectivity index (χ0n) is 11.5. The van der Waals surface area contributed by atoms with Crippen molar-refractivity contribution in [2.24, 2.45) is 0 Å². The maximum absolute atomic E-state index is 11.7. The van der Waals surface area contributed by atoms with E-state index in [9.17, 15) is 4.79 Å². The number of amides is 1. The van der Waals surface area contributed by atoms with Crippen LogP contribution in [0.2, 0.25) is 0 Å². The number of nitrogens with zero attached hydrogens (tertiary/aromatic N) is 1. The summed E-state index contributed by atoms with van der Waals surface area (Å²) in [6.45, 7) is 7.82. The number of ether oxygens (including phenoxy) is 2. The number of nitrogens with one attached hydrogen (secondary N) is 1. The van der Waals surface area contributed by atoms with Gasteiger partial charge in [0.25, 0.3) is 0 Å². The van der Waals surface area contributed by atoms with Crippen molar-refractivity contribution in [3.8, 4) is 0 Å². The lowest BCUT2D eigenvalue weighted by Gasteiger charge is -2.26. The smallest absolute Gasteiger partial charge is 0.236 e. The first-order valence-electron chi connectivity index (χ1n) is 6.98. The van der Waals surface area contributed by atoms with Gasteiger partial charge in [-0.2, -0.15) is 0 Å². The largest absolute Gasteiger partial charge is 0.381 e. The number of rotatable bonds is 9. The van der Waals surface area contributed by atoms with Crippen LogP contribution >= 0.6 is 0 Å². The molecule has 0 saturated carbocycles. The van der Waals surface area contributed by atoms with Gasteiger partial charge in [0, 0.05) is 26.3 Å². The molecule has 5 nitrogen and oxygen atoms in total. The third kappa shape index (κ3) is 6.93. The molecule has 1 aliphatic rings. The van der Waals surface area contributed by atoms with Crippen LogP contribution in [0.15, 0.2) is 0 Å². The second-order valence-corrected chi connectivity index (χ2v) is 4.49. The van der Waals surface area contributed by atoms with Crippen molar-refractivity contribution in [1.82, 2.24) is 10.2 Å². The van der Waals surface area contributed by atoms with E-state index in [0.717, 1.165) is 45.7 Å². The third-order valence-corrected chi connectivity index (χ3v) is 2.92. The van der Waals surface area contributed by atoms with Crippen molar-refractivity contribution in [1.29, 1.82) is 0 Å². The van der Waals surface area contributed by atoms with Crippen LogP contribution in [0.3, 0.4) is 0 Å². The molecule has 0 bridgehead atoms. The fraction of sp³-hybridized carbons (Fsp3) is 0.923. The Morgan fingerprint density at radius 3 is 2.72 bits per heavy atom. The highest BCUT2D eigenvalue weighted by Gasteiger charge is 2.15. The summed E-state index contributed by atoms with van der Waals surface area (Å²) >= 11 is 0. The summed E-state index contributed by atoms with van der Waals surface area (Å²) in [5.74, 6) is 0.171. The lowest BCUT2D eigenvalue weighted by molar-refractivity contribution is -0.134. The molecular weight excluding hydrogens is 232 g/mol. The summed E-state index contributed by atoms with van der Waals surface area (Å²) in [6.07, 6.45) is 3.26. The Balaban J connectivity index is 1.89. The molecule has 0 atom stereocenters. The maximum Gasteiger partial charge on any atom is 0.236 e. The molecule has 1 fully saturated rings. The minimum Gasteiger partial charge on any atom is -0.381 e. The van der Waals surface area contributed by atoms with E-state index in [2.05, 4.69) is 12.2 Å². The molecule has 0 aromatic heterocycles. The van der Waals surface area contributed by atoms with E-state index in [4.69, 9.17) is 9.47 Å². The first-order chi connectivity index (χ1) is 8.84. The number of carbonyl (C=O) groups is 1. The van der Waals surface area contributed by atoms with Gasteiger partial charge in [0.2, 0.25) is 5.91 Å². The van der Waals surface area contributed by atoms with Crippen LogP contribution in [-0.4, -0.2) is 63.4 Å². The van der Waals surface area contributed by atoms with Crippen molar-refractivity contribution >= 4 is 5.91 Å². The Morgan fingerprint density at radius 1 is 1.28 bits per heavy atom. The molecule has 0 spiro atoms. The van der Waals surface area contributed by atoms with Crippen LogP contribution in [0, 0.1) is 0 Å². The summed E-state index contributed by atoms with van der Waals surface area (Å²) < 4.78 is 10.7. The molecule has 1 amide bonds. The summed E-state index contributed by atoms with van der Waals surface area (Å²) in [5, 5.41) is 3.16. The highest BCUT2D eigenvalue weighted by atomic mass is 16.5. The van der Waals surface area contributed by atoms with Crippen molar-refractivity contribution < 1.29 is 14.3 Å². The predicted molar refractivity (Wildman–Crippen MR) is 70.6 cm³/mol. The lowest BCUT2D eigenvalue weighted by atomic mass is 10.3. The first-order valence-corrected chi connectivity index (χ1v) is 6.98. The fourth-order valence-electron chi connectivity index (χ4n) is 1.77. The van der Waals surface area contributed by atoms with E-state index < -0.39 is 0 Å². The van der Waals surface area contributed by atoms with Gasteiger partial charge in [-0.15, -0.1) is 0 Å². The van der Waals surface area contributed by atoms with Gasteiger partial charge in [-0.1, -0.05) is 13.3 Å². The average Bonchev–Trinajstić information content (AvgIpc) is 2.42. The Kier molecular flexibility index (Phi) is 8.81. The van der Waals surface area contributed by atoms with Gasteiger partial charge in [0.1, 0.15) is 0 Å². The van der Waals surface area contributed by atoms with Crippen LogP contribution in [0.5, 0.6) is 0 Å². The number of unbranched alkanes of at least 4 members (excludes halogenated alkanes) is 1. The van der Waals surface area contributed by atoms with Crippen LogP contribution in [0.4, 0.5) is 0 Å². The standard InChI is InChI=1S/C13H26N2O3/c1-2-3-8-17-9-4-5-14-12-13(16)15-6-10-18-11-7-15/h14H,2-12H2,1H3. The third-order valence-electron chi connectivity index (χ3n) is 2.92. The van der Waals surface area contributed by atoms with E-state index in [1.807, 2.05) is 4.90 Å². The number of morpholine rings is 1. The van der Waals surface area contributed by atoms with Crippen LogP contribution in [-0.2, 0) is 14.3 Å². The number of hydrogen-bond donors (Lipinski definition) is 1. The van der Waals surface area contributed by atoms with Crippen molar-refractivity contribution in [3.05, 3.63) is 0 Å². The van der Waals surface area contributed by atoms with Crippen LogP contribution in [0.25, 0.3) is 0 Å². The molecule has 0 aliphatic carbocycles. The van der Waals surface area contributed by atoms with Crippen LogP contribution < -0.4 is 5.32 Å². The van der Waals surface area contributed by atoms with E-state index in [1.54, 1.807) is 0 Å². The monoisotopic (exact) mass is 258 g/mol. The molecule has 0 radical (unpaired) electrons. The Bertz CT molecular complexity index is 218. The zero-order chi connectivity index (χ0) is 13.1. The lowest BCUT2D eigenvalue weighted by Crippen LogP contribution is -2.44. The molecule has 1 heterocycles. The number of hydrogen-bond acceptors (Lipinski definition) is 4. The van der Waals surface area contributed by atoms with E-state index in [0.29, 0.717) is 19.8 Å². The van der Waals surface area contributed by atoms with E-state index in [1.165, 1.54) is 6.42 Å².